The average molecular weight is 287 g/mol. The molecule has 0 saturated heterocycles. The summed E-state index contributed by atoms with van der Waals surface area (Å²) < 4.78 is 5.17. The Kier molecular flexibility index (Phi) is 6.99. The molecule has 0 fully saturated rings. The van der Waals surface area contributed by atoms with E-state index in [1.165, 1.54) is 4.90 Å². The molecule has 0 rings (SSSR count). The fourth-order valence-electron chi connectivity index (χ4n) is 1.32. The van der Waals surface area contributed by atoms with E-state index >= 15 is 0 Å². The third-order valence-electron chi connectivity index (χ3n) is 2.19. The zero-order valence-corrected chi connectivity index (χ0v) is 13.8. The summed E-state index contributed by atoms with van der Waals surface area (Å²) in [6, 6.07) is 0. The Morgan fingerprint density at radius 3 is 2.05 bits per heavy atom. The minimum atomic E-state index is -0.557. The second kappa shape index (κ2) is 7.47. The molecular weight excluding hydrogens is 258 g/mol. The van der Waals surface area contributed by atoms with Gasteiger partial charge in [-0.3, -0.25) is 4.79 Å². The molecule has 0 radical (unpaired) electrons. The van der Waals surface area contributed by atoms with Gasteiger partial charge in [0.25, 0.3) is 0 Å². The van der Waals surface area contributed by atoms with Crippen molar-refractivity contribution in [1.29, 1.82) is 0 Å². The number of nitrogens with one attached hydrogen (secondary N) is 2. The second-order valence-corrected chi connectivity index (χ2v) is 6.86. The smallest absolute Gasteiger partial charge is 0.410 e. The summed E-state index contributed by atoms with van der Waals surface area (Å²) in [6.45, 7) is 12.8. The van der Waals surface area contributed by atoms with Gasteiger partial charge >= 0.3 is 6.09 Å². The summed E-state index contributed by atoms with van der Waals surface area (Å²) in [5.74, 6) is -0.200. The van der Waals surface area contributed by atoms with Gasteiger partial charge in [-0.2, -0.15) is 0 Å². The predicted molar refractivity (Wildman–Crippen MR) is 79.6 cm³/mol. The summed E-state index contributed by atoms with van der Waals surface area (Å²) in [6.07, 6.45) is -0.500. The van der Waals surface area contributed by atoms with E-state index in [9.17, 15) is 9.59 Å². The Bertz CT molecular complexity index is 330. The van der Waals surface area contributed by atoms with Gasteiger partial charge < -0.3 is 20.3 Å². The molecule has 0 aliphatic heterocycles. The molecule has 2 N–H and O–H groups in total. The molecule has 0 aromatic rings. The van der Waals surface area contributed by atoms with E-state index in [-0.39, 0.29) is 18.0 Å². The fraction of sp³-hybridized carbons (Fsp3) is 0.857. The van der Waals surface area contributed by atoms with Crippen LogP contribution < -0.4 is 10.6 Å². The number of rotatable bonds is 5. The van der Waals surface area contributed by atoms with E-state index in [2.05, 4.69) is 31.4 Å². The lowest BCUT2D eigenvalue weighted by Gasteiger charge is -2.24. The molecule has 0 spiro atoms. The van der Waals surface area contributed by atoms with Crippen molar-refractivity contribution < 1.29 is 14.3 Å². The van der Waals surface area contributed by atoms with Crippen molar-refractivity contribution in [2.75, 3.05) is 26.7 Å². The van der Waals surface area contributed by atoms with E-state index in [4.69, 9.17) is 4.74 Å². The Labute approximate surface area is 122 Å². The largest absolute Gasteiger partial charge is 0.444 e. The lowest BCUT2D eigenvalue weighted by atomic mass is 10.1. The van der Waals surface area contributed by atoms with Crippen LogP contribution in [0.2, 0.25) is 0 Å². The molecule has 118 valence electrons. The highest BCUT2D eigenvalue weighted by Gasteiger charge is 2.20. The number of carbonyl (C=O) groups excluding carboxylic acids is 2. The van der Waals surface area contributed by atoms with Crippen LogP contribution in [0, 0.1) is 0 Å². The lowest BCUT2D eigenvalue weighted by molar-refractivity contribution is -0.121. The van der Waals surface area contributed by atoms with Gasteiger partial charge in [-0.05, 0) is 41.5 Å². The molecular formula is C14H29N3O3. The van der Waals surface area contributed by atoms with E-state index in [0.29, 0.717) is 13.1 Å². The van der Waals surface area contributed by atoms with Crippen LogP contribution in [0.15, 0.2) is 0 Å². The van der Waals surface area contributed by atoms with Gasteiger partial charge in [-0.15, -0.1) is 0 Å². The molecule has 0 bridgehead atoms. The van der Waals surface area contributed by atoms with Crippen molar-refractivity contribution in [2.24, 2.45) is 0 Å². The van der Waals surface area contributed by atoms with Gasteiger partial charge in [0.05, 0.1) is 0 Å². The lowest BCUT2D eigenvalue weighted by Crippen LogP contribution is -2.44. The Hall–Kier alpha value is -1.30. The third kappa shape index (κ3) is 10.6. The Balaban J connectivity index is 3.94. The summed E-state index contributed by atoms with van der Waals surface area (Å²) in [5, 5.41) is 6.02. The van der Waals surface area contributed by atoms with Crippen molar-refractivity contribution in [3.8, 4) is 0 Å². The zero-order chi connectivity index (χ0) is 16.0. The highest BCUT2D eigenvalue weighted by atomic mass is 16.6. The van der Waals surface area contributed by atoms with Gasteiger partial charge in [0.15, 0.2) is 0 Å². The van der Waals surface area contributed by atoms with Gasteiger partial charge in [0.1, 0.15) is 12.1 Å². The Morgan fingerprint density at radius 2 is 1.60 bits per heavy atom. The summed E-state index contributed by atoms with van der Waals surface area (Å²) in [5.41, 5.74) is -0.531. The van der Waals surface area contributed by atoms with Crippen molar-refractivity contribution in [3.63, 3.8) is 0 Å². The topological polar surface area (TPSA) is 70.7 Å². The molecule has 0 aliphatic carbocycles. The molecule has 2 amide bonds. The first kappa shape index (κ1) is 18.7. The maximum absolute atomic E-state index is 11.7. The highest BCUT2D eigenvalue weighted by molar-refractivity contribution is 5.82. The number of hydrogen-bond acceptors (Lipinski definition) is 4. The molecule has 0 atom stereocenters. The van der Waals surface area contributed by atoms with Gasteiger partial charge in [-0.1, -0.05) is 0 Å². The summed E-state index contributed by atoms with van der Waals surface area (Å²) >= 11 is 0. The quantitative estimate of drug-likeness (QED) is 0.749. The van der Waals surface area contributed by atoms with Gasteiger partial charge in [0, 0.05) is 25.7 Å². The second-order valence-electron chi connectivity index (χ2n) is 6.86. The average Bonchev–Trinajstić information content (AvgIpc) is 2.20. The van der Waals surface area contributed by atoms with Crippen LogP contribution in [0.4, 0.5) is 4.79 Å². The first-order valence-electron chi connectivity index (χ1n) is 6.86. The van der Waals surface area contributed by atoms with Crippen LogP contribution >= 0.6 is 0 Å². The van der Waals surface area contributed by atoms with E-state index < -0.39 is 11.7 Å². The number of amides is 2. The molecule has 0 aromatic heterocycles. The van der Waals surface area contributed by atoms with Crippen LogP contribution in [0.5, 0.6) is 0 Å². The SMILES string of the molecule is CN(CC(=O)NCCNC(C)(C)C)C(=O)OC(C)(C)C. The molecule has 6 heteroatoms. The minimum Gasteiger partial charge on any atom is -0.444 e. The minimum absolute atomic E-state index is 0.00949. The molecule has 20 heavy (non-hydrogen) atoms. The van der Waals surface area contributed by atoms with Crippen molar-refractivity contribution in [2.45, 2.75) is 52.7 Å². The van der Waals surface area contributed by atoms with Crippen LogP contribution in [-0.2, 0) is 9.53 Å². The molecule has 0 saturated carbocycles. The van der Waals surface area contributed by atoms with Crippen LogP contribution in [0.25, 0.3) is 0 Å². The fourth-order valence-corrected chi connectivity index (χ4v) is 1.32. The molecule has 0 unspecified atom stereocenters. The van der Waals surface area contributed by atoms with Crippen LogP contribution in [0.3, 0.4) is 0 Å². The maximum Gasteiger partial charge on any atom is 0.410 e. The van der Waals surface area contributed by atoms with Crippen molar-refractivity contribution in [1.82, 2.24) is 15.5 Å². The standard InChI is InChI=1S/C14H29N3O3/c1-13(2,3)16-9-8-15-11(18)10-17(7)12(19)20-14(4,5)6/h16H,8-10H2,1-7H3,(H,15,18). The van der Waals surface area contributed by atoms with E-state index in [0.717, 1.165) is 0 Å². The van der Waals surface area contributed by atoms with E-state index in [1.54, 1.807) is 27.8 Å². The van der Waals surface area contributed by atoms with Crippen LogP contribution in [0.1, 0.15) is 41.5 Å². The normalized spacial score (nSPS) is 11.9. The number of nitrogens with zero attached hydrogens (tertiary/aromatic N) is 1. The third-order valence-corrected chi connectivity index (χ3v) is 2.19. The van der Waals surface area contributed by atoms with Gasteiger partial charge in [-0.25, -0.2) is 4.79 Å². The maximum atomic E-state index is 11.7. The first-order chi connectivity index (χ1) is 8.91. The van der Waals surface area contributed by atoms with Crippen LogP contribution in [-0.4, -0.2) is 54.7 Å². The zero-order valence-electron chi connectivity index (χ0n) is 13.8. The Morgan fingerprint density at radius 1 is 1.05 bits per heavy atom. The van der Waals surface area contributed by atoms with Crippen molar-refractivity contribution >= 4 is 12.0 Å². The summed E-state index contributed by atoms with van der Waals surface area (Å²) in [7, 11) is 1.54. The monoisotopic (exact) mass is 287 g/mol. The number of likely N-dealkylation sites (N-methyl/N-ethyl adjacent to an activating group) is 1. The highest BCUT2D eigenvalue weighted by Crippen LogP contribution is 2.08. The van der Waals surface area contributed by atoms with Gasteiger partial charge in [0.2, 0.25) is 5.91 Å². The number of ether oxygens (including phenoxy) is 1. The summed E-state index contributed by atoms with van der Waals surface area (Å²) in [4.78, 5) is 24.6. The molecule has 0 aliphatic rings. The molecule has 6 nitrogen and oxygen atoms in total. The number of carbonyl (C=O) groups is 2. The van der Waals surface area contributed by atoms with E-state index in [1.807, 2.05) is 0 Å². The number of hydrogen-bond donors (Lipinski definition) is 2. The molecule has 0 aromatic carbocycles. The first-order valence-corrected chi connectivity index (χ1v) is 6.86. The molecule has 0 heterocycles. The predicted octanol–water partition coefficient (Wildman–Crippen LogP) is 1.36. The van der Waals surface area contributed by atoms with Crippen molar-refractivity contribution in [3.05, 3.63) is 0 Å².